The SMILES string of the molecule is C=CCc1cc(-c2ccc3c(C4CCOC[C@@H]4C)nc(CC(C)COC)cc3c2)ccc1C.CC.[HH]. The molecule has 2 heterocycles. The molecule has 3 atom stereocenters. The van der Waals surface area contributed by atoms with Gasteiger partial charge in [0.2, 0.25) is 0 Å². The van der Waals surface area contributed by atoms with E-state index in [1.165, 1.54) is 38.7 Å². The van der Waals surface area contributed by atoms with E-state index in [4.69, 9.17) is 14.5 Å². The van der Waals surface area contributed by atoms with Gasteiger partial charge in [-0.25, -0.2) is 0 Å². The minimum absolute atomic E-state index is 0. The van der Waals surface area contributed by atoms with Crippen molar-refractivity contribution in [1.82, 2.24) is 4.98 Å². The zero-order valence-corrected chi connectivity index (χ0v) is 22.6. The summed E-state index contributed by atoms with van der Waals surface area (Å²) in [7, 11) is 1.77. The van der Waals surface area contributed by atoms with Crippen LogP contribution >= 0.6 is 0 Å². The van der Waals surface area contributed by atoms with Crippen LogP contribution in [-0.2, 0) is 22.3 Å². The quantitative estimate of drug-likeness (QED) is 0.308. The van der Waals surface area contributed by atoms with Gasteiger partial charge in [-0.05, 0) is 77.8 Å². The van der Waals surface area contributed by atoms with Gasteiger partial charge in [-0.1, -0.05) is 64.1 Å². The number of hydrogen-bond acceptors (Lipinski definition) is 3. The maximum atomic E-state index is 5.74. The van der Waals surface area contributed by atoms with E-state index in [1.54, 1.807) is 7.11 Å². The lowest BCUT2D eigenvalue weighted by Crippen LogP contribution is -2.25. The molecule has 0 N–H and O–H groups in total. The van der Waals surface area contributed by atoms with Crippen LogP contribution in [0.2, 0.25) is 0 Å². The minimum Gasteiger partial charge on any atom is -0.384 e. The number of hydrogen-bond donors (Lipinski definition) is 0. The Balaban J connectivity index is 0.00000148. The molecule has 1 fully saturated rings. The van der Waals surface area contributed by atoms with Crippen LogP contribution < -0.4 is 0 Å². The smallest absolute Gasteiger partial charge is 0.0520 e. The van der Waals surface area contributed by atoms with E-state index in [9.17, 15) is 0 Å². The standard InChI is InChI=1S/C30H37NO2.C2H6.H2/c1-6-7-23-15-24(9-8-21(23)3)25-10-11-29-26(16-25)17-27(14-20(2)18-32-5)31-30(29)28-12-13-33-19-22(28)4;1-2;/h6,8-11,15-17,20,22,28H,1,7,12-14,18-19H2,2-5H3;1-2H3;1H/t20?,22-,28?;;/m0../s1. The third-order valence-electron chi connectivity index (χ3n) is 6.96. The Morgan fingerprint density at radius 1 is 1.17 bits per heavy atom. The summed E-state index contributed by atoms with van der Waals surface area (Å²) >= 11 is 0. The summed E-state index contributed by atoms with van der Waals surface area (Å²) in [6.45, 7) is 17.0. The number of ether oxygens (including phenoxy) is 2. The summed E-state index contributed by atoms with van der Waals surface area (Å²) in [5.41, 5.74) is 7.56. The highest BCUT2D eigenvalue weighted by molar-refractivity contribution is 5.89. The Morgan fingerprint density at radius 2 is 1.91 bits per heavy atom. The molecule has 1 aliphatic rings. The van der Waals surface area contributed by atoms with Gasteiger partial charge in [0.25, 0.3) is 0 Å². The second-order valence-corrected chi connectivity index (χ2v) is 9.78. The van der Waals surface area contributed by atoms with Crippen LogP contribution in [0.25, 0.3) is 21.9 Å². The third-order valence-corrected chi connectivity index (χ3v) is 6.96. The summed E-state index contributed by atoms with van der Waals surface area (Å²) in [5.74, 6) is 1.34. The Bertz CT molecular complexity index is 1130. The van der Waals surface area contributed by atoms with Crippen molar-refractivity contribution in [3.05, 3.63) is 77.6 Å². The van der Waals surface area contributed by atoms with Crippen molar-refractivity contribution >= 4 is 10.8 Å². The third kappa shape index (κ3) is 6.59. The lowest BCUT2D eigenvalue weighted by Gasteiger charge is -2.30. The molecular weight excluding hydrogens is 430 g/mol. The largest absolute Gasteiger partial charge is 0.384 e. The summed E-state index contributed by atoms with van der Waals surface area (Å²) in [6.07, 6.45) is 4.83. The van der Waals surface area contributed by atoms with Crippen LogP contribution in [0.3, 0.4) is 0 Å². The molecule has 0 amide bonds. The zero-order chi connectivity index (χ0) is 25.4. The maximum Gasteiger partial charge on any atom is 0.0520 e. The summed E-state index contributed by atoms with van der Waals surface area (Å²) in [6, 6.07) is 15.9. The van der Waals surface area contributed by atoms with E-state index in [-0.39, 0.29) is 1.43 Å². The van der Waals surface area contributed by atoms with Crippen LogP contribution in [0.5, 0.6) is 0 Å². The van der Waals surface area contributed by atoms with Gasteiger partial charge < -0.3 is 9.47 Å². The molecule has 2 aromatic carbocycles. The molecule has 190 valence electrons. The van der Waals surface area contributed by atoms with E-state index in [2.05, 4.69) is 69.8 Å². The van der Waals surface area contributed by atoms with Crippen LogP contribution in [0.1, 0.15) is 64.0 Å². The van der Waals surface area contributed by atoms with Gasteiger partial charge in [-0.3, -0.25) is 4.98 Å². The number of allylic oxidation sites excluding steroid dienone is 1. The van der Waals surface area contributed by atoms with Crippen molar-refractivity contribution in [2.75, 3.05) is 26.9 Å². The lowest BCUT2D eigenvalue weighted by molar-refractivity contribution is 0.0466. The number of methoxy groups -OCH3 is 1. The molecule has 3 nitrogen and oxygen atoms in total. The van der Waals surface area contributed by atoms with Crippen molar-refractivity contribution in [2.24, 2.45) is 11.8 Å². The van der Waals surface area contributed by atoms with E-state index in [0.29, 0.717) is 17.8 Å². The van der Waals surface area contributed by atoms with Crippen LogP contribution in [0.4, 0.5) is 0 Å². The molecule has 4 rings (SSSR count). The van der Waals surface area contributed by atoms with Crippen molar-refractivity contribution < 1.29 is 10.9 Å². The molecule has 3 aromatic rings. The number of fused-ring (bicyclic) bond motifs is 1. The molecule has 1 saturated heterocycles. The van der Waals surface area contributed by atoms with E-state index in [1.807, 2.05) is 19.9 Å². The first-order valence-corrected chi connectivity index (χ1v) is 13.2. The van der Waals surface area contributed by atoms with Gasteiger partial charge in [0, 0.05) is 45.4 Å². The molecule has 0 radical (unpaired) electrons. The number of nitrogens with zero attached hydrogens (tertiary/aromatic N) is 1. The van der Waals surface area contributed by atoms with Crippen molar-refractivity contribution in [2.45, 2.75) is 59.8 Å². The fourth-order valence-electron chi connectivity index (χ4n) is 5.12. The average Bonchev–Trinajstić information content (AvgIpc) is 2.86. The second-order valence-electron chi connectivity index (χ2n) is 9.78. The number of pyridine rings is 1. The first-order chi connectivity index (χ1) is 17.0. The number of rotatable bonds is 8. The van der Waals surface area contributed by atoms with Crippen molar-refractivity contribution in [1.29, 1.82) is 0 Å². The predicted octanol–water partition coefficient (Wildman–Crippen LogP) is 8.18. The lowest BCUT2D eigenvalue weighted by atomic mass is 9.84. The van der Waals surface area contributed by atoms with E-state index >= 15 is 0 Å². The molecule has 35 heavy (non-hydrogen) atoms. The fourth-order valence-corrected chi connectivity index (χ4v) is 5.12. The van der Waals surface area contributed by atoms with Gasteiger partial charge in [-0.2, -0.15) is 0 Å². The molecule has 1 aromatic heterocycles. The highest BCUT2D eigenvalue weighted by Gasteiger charge is 2.27. The number of benzene rings is 2. The molecule has 2 unspecified atom stereocenters. The summed E-state index contributed by atoms with van der Waals surface area (Å²) in [4.78, 5) is 5.23. The van der Waals surface area contributed by atoms with Gasteiger partial charge in [0.15, 0.2) is 0 Å². The van der Waals surface area contributed by atoms with Crippen molar-refractivity contribution in [3.8, 4) is 11.1 Å². The normalized spacial score (nSPS) is 18.6. The molecule has 1 aliphatic heterocycles. The minimum atomic E-state index is 0. The highest BCUT2D eigenvalue weighted by atomic mass is 16.5. The molecule has 0 saturated carbocycles. The molecule has 3 heteroatoms. The first-order valence-electron chi connectivity index (χ1n) is 13.2. The van der Waals surface area contributed by atoms with Gasteiger partial charge in [0.05, 0.1) is 5.69 Å². The van der Waals surface area contributed by atoms with E-state index < -0.39 is 0 Å². The van der Waals surface area contributed by atoms with Crippen LogP contribution in [0.15, 0.2) is 55.1 Å². The highest BCUT2D eigenvalue weighted by Crippen LogP contribution is 2.37. The van der Waals surface area contributed by atoms with Crippen LogP contribution in [-0.4, -0.2) is 31.9 Å². The number of aryl methyl sites for hydroxylation is 1. The average molecular weight is 476 g/mol. The van der Waals surface area contributed by atoms with Crippen LogP contribution in [0, 0.1) is 18.8 Å². The van der Waals surface area contributed by atoms with Gasteiger partial charge >= 0.3 is 0 Å². The van der Waals surface area contributed by atoms with Crippen molar-refractivity contribution in [3.63, 3.8) is 0 Å². The molecule has 0 spiro atoms. The molecular formula is C32H45NO2. The Kier molecular flexibility index (Phi) is 10.1. The monoisotopic (exact) mass is 475 g/mol. The predicted molar refractivity (Wildman–Crippen MR) is 151 cm³/mol. The van der Waals surface area contributed by atoms with Gasteiger partial charge in [0.1, 0.15) is 0 Å². The maximum absolute atomic E-state index is 5.74. The second kappa shape index (κ2) is 13.0. The topological polar surface area (TPSA) is 31.4 Å². The Morgan fingerprint density at radius 3 is 2.63 bits per heavy atom. The first kappa shape index (κ1) is 27.1. The Hall–Kier alpha value is -2.49. The zero-order valence-electron chi connectivity index (χ0n) is 22.6. The summed E-state index contributed by atoms with van der Waals surface area (Å²) in [5, 5.41) is 2.56. The summed E-state index contributed by atoms with van der Waals surface area (Å²) < 4.78 is 11.1. The van der Waals surface area contributed by atoms with Gasteiger partial charge in [-0.15, -0.1) is 6.58 Å². The number of aromatic nitrogens is 1. The molecule has 0 bridgehead atoms. The van der Waals surface area contributed by atoms with E-state index in [0.717, 1.165) is 44.8 Å². The Labute approximate surface area is 214 Å². The molecule has 0 aliphatic carbocycles. The fraction of sp³-hybridized carbons (Fsp3) is 0.469.